The molecule has 0 bridgehead atoms. The third-order valence-corrected chi connectivity index (χ3v) is 2.52. The van der Waals surface area contributed by atoms with Crippen LogP contribution in [-0.2, 0) is 0 Å². The van der Waals surface area contributed by atoms with Crippen LogP contribution in [0, 0.1) is 0 Å². The monoisotopic (exact) mass is 224 g/mol. The number of hydrogen-bond acceptors (Lipinski definition) is 3. The predicted molar refractivity (Wildman–Crippen MR) is 62.4 cm³/mol. The lowest BCUT2D eigenvalue weighted by atomic mass is 10.2. The maximum absolute atomic E-state index is 5.68. The molecule has 15 heavy (non-hydrogen) atoms. The van der Waals surface area contributed by atoms with Gasteiger partial charge in [0, 0.05) is 18.1 Å². The molecule has 2 heterocycles. The zero-order chi connectivity index (χ0) is 10.7. The summed E-state index contributed by atoms with van der Waals surface area (Å²) in [6.07, 6.45) is 4.32. The van der Waals surface area contributed by atoms with Gasteiger partial charge < -0.3 is 9.73 Å². The number of rotatable bonds is 4. The van der Waals surface area contributed by atoms with Crippen molar-refractivity contribution in [2.45, 2.75) is 19.4 Å². The lowest BCUT2D eigenvalue weighted by Crippen LogP contribution is -2.16. The van der Waals surface area contributed by atoms with Gasteiger partial charge in [-0.15, -0.1) is 11.6 Å². The van der Waals surface area contributed by atoms with Crippen LogP contribution in [0.5, 0.6) is 0 Å². The van der Waals surface area contributed by atoms with Crippen molar-refractivity contribution in [2.75, 3.05) is 11.2 Å². The van der Waals surface area contributed by atoms with Crippen molar-refractivity contribution in [1.82, 2.24) is 4.98 Å². The zero-order valence-electron chi connectivity index (χ0n) is 8.53. The van der Waals surface area contributed by atoms with Crippen molar-refractivity contribution in [2.24, 2.45) is 0 Å². The topological polar surface area (TPSA) is 38.1 Å². The quantitative estimate of drug-likeness (QED) is 0.811. The van der Waals surface area contributed by atoms with Crippen molar-refractivity contribution < 1.29 is 4.42 Å². The molecule has 80 valence electrons. The van der Waals surface area contributed by atoms with E-state index in [4.69, 9.17) is 16.0 Å². The summed E-state index contributed by atoms with van der Waals surface area (Å²) in [5.41, 5.74) is 0.852. The Balaban J connectivity index is 2.23. The minimum Gasteiger partial charge on any atom is -0.464 e. The lowest BCUT2D eigenvalue weighted by Gasteiger charge is -2.13. The molecule has 2 aromatic heterocycles. The second-order valence-electron chi connectivity index (χ2n) is 3.52. The fraction of sp³-hybridized carbons (Fsp3) is 0.364. The second-order valence-corrected chi connectivity index (χ2v) is 3.89. The number of hydrogen-bond donors (Lipinski definition) is 1. The molecule has 0 saturated carbocycles. The van der Waals surface area contributed by atoms with Crippen LogP contribution in [0.2, 0.25) is 0 Å². The summed E-state index contributed by atoms with van der Waals surface area (Å²) in [5, 5.41) is 4.33. The first-order valence-electron chi connectivity index (χ1n) is 4.96. The molecule has 1 N–H and O–H groups in total. The summed E-state index contributed by atoms with van der Waals surface area (Å²) < 4.78 is 5.29. The number of pyridine rings is 1. The average Bonchev–Trinajstić information content (AvgIpc) is 2.67. The van der Waals surface area contributed by atoms with Crippen molar-refractivity contribution >= 4 is 28.4 Å². The highest BCUT2D eigenvalue weighted by atomic mass is 35.5. The molecule has 0 radical (unpaired) electrons. The molecule has 0 amide bonds. The van der Waals surface area contributed by atoms with Crippen LogP contribution >= 0.6 is 11.6 Å². The van der Waals surface area contributed by atoms with Crippen molar-refractivity contribution in [3.05, 3.63) is 24.6 Å². The summed E-state index contributed by atoms with van der Waals surface area (Å²) >= 11 is 5.68. The Morgan fingerprint density at radius 1 is 1.53 bits per heavy atom. The molecule has 0 aliphatic carbocycles. The first kappa shape index (κ1) is 10.3. The molecule has 2 aromatic rings. The van der Waals surface area contributed by atoms with E-state index < -0.39 is 0 Å². The van der Waals surface area contributed by atoms with Crippen LogP contribution in [0.1, 0.15) is 13.3 Å². The third-order valence-electron chi connectivity index (χ3n) is 2.31. The normalized spacial score (nSPS) is 12.9. The number of alkyl halides is 1. The Hall–Kier alpha value is -1.22. The molecule has 0 fully saturated rings. The first-order valence-corrected chi connectivity index (χ1v) is 5.49. The maximum Gasteiger partial charge on any atom is 0.139 e. The van der Waals surface area contributed by atoms with Gasteiger partial charge in [0.1, 0.15) is 11.4 Å². The van der Waals surface area contributed by atoms with Gasteiger partial charge in [-0.1, -0.05) is 0 Å². The second kappa shape index (κ2) is 4.53. The van der Waals surface area contributed by atoms with Gasteiger partial charge in [-0.25, -0.2) is 4.98 Å². The Morgan fingerprint density at radius 2 is 2.40 bits per heavy atom. The summed E-state index contributed by atoms with van der Waals surface area (Å²) in [6.45, 7) is 2.09. The summed E-state index contributed by atoms with van der Waals surface area (Å²) in [6, 6.07) is 4.08. The van der Waals surface area contributed by atoms with Crippen molar-refractivity contribution in [3.8, 4) is 0 Å². The van der Waals surface area contributed by atoms with Gasteiger partial charge in [-0.3, -0.25) is 0 Å². The van der Waals surface area contributed by atoms with E-state index in [-0.39, 0.29) is 0 Å². The molecule has 0 aliphatic heterocycles. The highest BCUT2D eigenvalue weighted by molar-refractivity contribution is 6.17. The van der Waals surface area contributed by atoms with Crippen molar-refractivity contribution in [3.63, 3.8) is 0 Å². The predicted octanol–water partition coefficient (Wildman–Crippen LogP) is 3.26. The van der Waals surface area contributed by atoms with Gasteiger partial charge >= 0.3 is 0 Å². The average molecular weight is 225 g/mol. The van der Waals surface area contributed by atoms with E-state index in [1.54, 1.807) is 12.5 Å². The van der Waals surface area contributed by atoms with E-state index in [1.807, 2.05) is 12.1 Å². The minimum atomic E-state index is 0.315. The third kappa shape index (κ3) is 2.23. The molecule has 0 spiro atoms. The number of nitrogens with zero attached hydrogens (tertiary/aromatic N) is 1. The molecule has 2 rings (SSSR count). The fourth-order valence-electron chi connectivity index (χ4n) is 1.48. The van der Waals surface area contributed by atoms with Crippen molar-refractivity contribution in [1.29, 1.82) is 0 Å². The Kier molecular flexibility index (Phi) is 3.11. The van der Waals surface area contributed by atoms with Crippen LogP contribution in [0.25, 0.3) is 11.0 Å². The molecular formula is C11H13ClN2O. The molecular weight excluding hydrogens is 212 g/mol. The Bertz CT molecular complexity index is 441. The van der Waals surface area contributed by atoms with Gasteiger partial charge in [-0.05, 0) is 25.5 Å². The molecule has 4 heteroatoms. The van der Waals surface area contributed by atoms with Gasteiger partial charge in [0.05, 0.1) is 11.6 Å². The van der Waals surface area contributed by atoms with E-state index in [0.29, 0.717) is 11.9 Å². The summed E-state index contributed by atoms with van der Waals surface area (Å²) in [4.78, 5) is 4.29. The van der Waals surface area contributed by atoms with E-state index >= 15 is 0 Å². The SMILES string of the molecule is CC(CCCl)Nc1nccc2occc12. The fourth-order valence-corrected chi connectivity index (χ4v) is 1.81. The highest BCUT2D eigenvalue weighted by Crippen LogP contribution is 2.22. The summed E-state index contributed by atoms with van der Waals surface area (Å²) in [5.74, 6) is 1.51. The van der Waals surface area contributed by atoms with Gasteiger partial charge in [-0.2, -0.15) is 0 Å². The molecule has 0 aliphatic rings. The molecule has 1 atom stereocenters. The lowest BCUT2D eigenvalue weighted by molar-refractivity contribution is 0.615. The number of aromatic nitrogens is 1. The van der Waals surface area contributed by atoms with E-state index in [2.05, 4.69) is 17.2 Å². The number of halogens is 1. The largest absolute Gasteiger partial charge is 0.464 e. The smallest absolute Gasteiger partial charge is 0.139 e. The van der Waals surface area contributed by atoms with Crippen LogP contribution in [0.3, 0.4) is 0 Å². The number of furan rings is 1. The van der Waals surface area contributed by atoms with E-state index in [0.717, 1.165) is 23.2 Å². The van der Waals surface area contributed by atoms with Crippen LogP contribution < -0.4 is 5.32 Å². The Morgan fingerprint density at radius 3 is 3.20 bits per heavy atom. The summed E-state index contributed by atoms with van der Waals surface area (Å²) in [7, 11) is 0. The minimum absolute atomic E-state index is 0.315. The number of fused-ring (bicyclic) bond motifs is 1. The van der Waals surface area contributed by atoms with Crippen LogP contribution in [0.4, 0.5) is 5.82 Å². The highest BCUT2D eigenvalue weighted by Gasteiger charge is 2.07. The van der Waals surface area contributed by atoms with E-state index in [9.17, 15) is 0 Å². The van der Waals surface area contributed by atoms with Gasteiger partial charge in [0.25, 0.3) is 0 Å². The molecule has 3 nitrogen and oxygen atoms in total. The van der Waals surface area contributed by atoms with Gasteiger partial charge in [0.15, 0.2) is 0 Å². The zero-order valence-corrected chi connectivity index (χ0v) is 9.29. The molecule has 0 saturated heterocycles. The van der Waals surface area contributed by atoms with E-state index in [1.165, 1.54) is 0 Å². The van der Waals surface area contributed by atoms with Crippen LogP contribution in [0.15, 0.2) is 29.0 Å². The van der Waals surface area contributed by atoms with Crippen LogP contribution in [-0.4, -0.2) is 16.9 Å². The molecule has 0 aromatic carbocycles. The Labute approximate surface area is 93.4 Å². The van der Waals surface area contributed by atoms with Gasteiger partial charge in [0.2, 0.25) is 0 Å². The number of anilines is 1. The molecule has 1 unspecified atom stereocenters. The number of nitrogens with one attached hydrogen (secondary N) is 1. The first-order chi connectivity index (χ1) is 7.31. The maximum atomic E-state index is 5.68. The standard InChI is InChI=1S/C11H13ClN2O/c1-8(2-5-12)14-11-9-4-7-15-10(9)3-6-13-11/h3-4,6-8H,2,5H2,1H3,(H,13,14).